The van der Waals surface area contributed by atoms with E-state index in [0.717, 1.165) is 12.8 Å². The maximum atomic E-state index is 13.3. The molecule has 4 heteroatoms. The average Bonchev–Trinajstić information content (AvgIpc) is 3.05. The van der Waals surface area contributed by atoms with E-state index in [9.17, 15) is 9.18 Å². The van der Waals surface area contributed by atoms with Crippen molar-refractivity contribution in [3.05, 3.63) is 41.2 Å². The summed E-state index contributed by atoms with van der Waals surface area (Å²) in [5.41, 5.74) is 8.65. The van der Waals surface area contributed by atoms with Crippen molar-refractivity contribution in [2.75, 3.05) is 0 Å². The van der Waals surface area contributed by atoms with Crippen LogP contribution in [0.15, 0.2) is 24.3 Å². The Morgan fingerprint density at radius 1 is 1.40 bits per heavy atom. The second-order valence-electron chi connectivity index (χ2n) is 3.57. The number of carbonyl (C=O) groups excluding carboxylic acids is 1. The van der Waals surface area contributed by atoms with E-state index in [4.69, 9.17) is 5.53 Å². The Kier molecular flexibility index (Phi) is 2.44. The van der Waals surface area contributed by atoms with Gasteiger partial charge in [-0.15, -0.1) is 0 Å². The fraction of sp³-hybridized carbons (Fsp3) is 0.273. The van der Waals surface area contributed by atoms with Crippen LogP contribution in [-0.2, 0) is 4.79 Å². The molecule has 0 bridgehead atoms. The van der Waals surface area contributed by atoms with Crippen LogP contribution in [0.25, 0.3) is 5.53 Å². The number of hydrogen-bond acceptors (Lipinski definition) is 1. The molecule has 0 saturated heterocycles. The summed E-state index contributed by atoms with van der Waals surface area (Å²) in [5, 5.41) is 0. The van der Waals surface area contributed by atoms with Gasteiger partial charge in [-0.2, -0.15) is 4.79 Å². The van der Waals surface area contributed by atoms with Gasteiger partial charge in [-0.3, -0.25) is 4.79 Å². The summed E-state index contributed by atoms with van der Waals surface area (Å²) in [6.07, 6.45) is 1.60. The molecule has 76 valence electrons. The molecule has 0 spiro atoms. The van der Waals surface area contributed by atoms with Gasteiger partial charge in [0.25, 0.3) is 0 Å². The predicted octanol–water partition coefficient (Wildman–Crippen LogP) is 1.82. The standard InChI is InChI=1S/C11H9FN2O/c12-9-4-2-1-3-8(9)10(14-13)11(15)7-5-6-7/h1-4,7H,5-6H2. The molecule has 0 aliphatic heterocycles. The Bertz CT molecular complexity index is 459. The number of rotatable bonds is 3. The number of halogens is 1. The SMILES string of the molecule is [N-]=[N+]=C(C(=O)C1CC1)c1ccccc1F. The molecule has 0 aromatic heterocycles. The molecule has 3 nitrogen and oxygen atoms in total. The van der Waals surface area contributed by atoms with E-state index >= 15 is 0 Å². The maximum Gasteiger partial charge on any atom is 0.368 e. The van der Waals surface area contributed by atoms with Crippen LogP contribution in [-0.4, -0.2) is 16.3 Å². The predicted molar refractivity (Wildman–Crippen MR) is 51.9 cm³/mol. The highest BCUT2D eigenvalue weighted by Gasteiger charge is 2.38. The quantitative estimate of drug-likeness (QED) is 0.421. The number of ketones is 1. The molecule has 1 fully saturated rings. The Balaban J connectivity index is 2.39. The molecule has 1 saturated carbocycles. The van der Waals surface area contributed by atoms with E-state index in [1.165, 1.54) is 18.2 Å². The van der Waals surface area contributed by atoms with Crippen LogP contribution in [0, 0.1) is 11.7 Å². The van der Waals surface area contributed by atoms with Crippen molar-refractivity contribution in [3.8, 4) is 0 Å². The lowest BCUT2D eigenvalue weighted by Crippen LogP contribution is -2.19. The molecule has 1 aliphatic rings. The molecule has 1 aliphatic carbocycles. The van der Waals surface area contributed by atoms with E-state index in [0.29, 0.717) is 0 Å². The Morgan fingerprint density at radius 2 is 2.07 bits per heavy atom. The van der Waals surface area contributed by atoms with Gasteiger partial charge in [0.15, 0.2) is 0 Å². The molecule has 15 heavy (non-hydrogen) atoms. The number of hydrogen-bond donors (Lipinski definition) is 0. The third-order valence-corrected chi connectivity index (χ3v) is 2.41. The summed E-state index contributed by atoms with van der Waals surface area (Å²) in [7, 11) is 0. The normalized spacial score (nSPS) is 14.5. The van der Waals surface area contributed by atoms with Crippen LogP contribution >= 0.6 is 0 Å². The van der Waals surface area contributed by atoms with Crippen molar-refractivity contribution >= 4 is 11.5 Å². The zero-order valence-corrected chi connectivity index (χ0v) is 7.98. The molecule has 1 aromatic carbocycles. The van der Waals surface area contributed by atoms with Gasteiger partial charge in [-0.05, 0) is 25.0 Å². The molecule has 2 rings (SSSR count). The van der Waals surface area contributed by atoms with Gasteiger partial charge in [-0.1, -0.05) is 12.1 Å². The molecule has 0 unspecified atom stereocenters. The zero-order valence-electron chi connectivity index (χ0n) is 7.98. The summed E-state index contributed by atoms with van der Waals surface area (Å²) < 4.78 is 13.3. The first kappa shape index (κ1) is 9.74. The first-order valence-corrected chi connectivity index (χ1v) is 4.75. The van der Waals surface area contributed by atoms with E-state index in [-0.39, 0.29) is 23.0 Å². The van der Waals surface area contributed by atoms with Gasteiger partial charge in [0.05, 0.1) is 0 Å². The fourth-order valence-corrected chi connectivity index (χ4v) is 1.43. The number of Topliss-reactive ketones (excluding diaryl/α,β-unsaturated/α-hetero) is 1. The van der Waals surface area contributed by atoms with E-state index < -0.39 is 5.82 Å². The second-order valence-corrected chi connectivity index (χ2v) is 3.57. The average molecular weight is 204 g/mol. The van der Waals surface area contributed by atoms with Crippen molar-refractivity contribution in [1.82, 2.24) is 0 Å². The van der Waals surface area contributed by atoms with Crippen molar-refractivity contribution < 1.29 is 14.0 Å². The van der Waals surface area contributed by atoms with Crippen LogP contribution in [0.4, 0.5) is 4.39 Å². The first-order chi connectivity index (χ1) is 7.24. The highest BCUT2D eigenvalue weighted by atomic mass is 19.1. The van der Waals surface area contributed by atoms with Gasteiger partial charge >= 0.3 is 5.71 Å². The molecule has 0 heterocycles. The smallest absolute Gasteiger partial charge is 0.361 e. The van der Waals surface area contributed by atoms with Gasteiger partial charge < -0.3 is 5.53 Å². The lowest BCUT2D eigenvalue weighted by molar-refractivity contribution is -0.118. The number of carbonyl (C=O) groups is 1. The van der Waals surface area contributed by atoms with Crippen LogP contribution in [0.5, 0.6) is 0 Å². The summed E-state index contributed by atoms with van der Waals surface area (Å²) >= 11 is 0. The molecule has 0 radical (unpaired) electrons. The van der Waals surface area contributed by atoms with E-state index in [2.05, 4.69) is 4.79 Å². The second kappa shape index (κ2) is 3.75. The van der Waals surface area contributed by atoms with Crippen molar-refractivity contribution in [1.29, 1.82) is 0 Å². The minimum Gasteiger partial charge on any atom is -0.361 e. The van der Waals surface area contributed by atoms with Gasteiger partial charge in [-0.25, -0.2) is 4.39 Å². The zero-order chi connectivity index (χ0) is 10.8. The van der Waals surface area contributed by atoms with Gasteiger partial charge in [0.1, 0.15) is 11.4 Å². The summed E-state index contributed by atoms with van der Waals surface area (Å²) in [5.74, 6) is -0.905. The number of nitrogens with zero attached hydrogens (tertiary/aromatic N) is 2. The van der Waals surface area contributed by atoms with Gasteiger partial charge in [0.2, 0.25) is 5.78 Å². The maximum absolute atomic E-state index is 13.3. The monoisotopic (exact) mass is 204 g/mol. The van der Waals surface area contributed by atoms with E-state index in [1.54, 1.807) is 6.07 Å². The van der Waals surface area contributed by atoms with Crippen molar-refractivity contribution in [2.45, 2.75) is 12.8 Å². The minimum atomic E-state index is -0.542. The lowest BCUT2D eigenvalue weighted by Gasteiger charge is -1.96. The Morgan fingerprint density at radius 3 is 2.60 bits per heavy atom. The molecule has 1 aromatic rings. The lowest BCUT2D eigenvalue weighted by atomic mass is 10.0. The Hall–Kier alpha value is -1.80. The summed E-state index contributed by atoms with van der Waals surface area (Å²) in [6.45, 7) is 0. The number of benzene rings is 1. The largest absolute Gasteiger partial charge is 0.368 e. The molecule has 0 N–H and O–H groups in total. The summed E-state index contributed by atoms with van der Waals surface area (Å²) in [4.78, 5) is 14.5. The third-order valence-electron chi connectivity index (χ3n) is 2.41. The molecule has 0 amide bonds. The van der Waals surface area contributed by atoms with Crippen LogP contribution < -0.4 is 0 Å². The van der Waals surface area contributed by atoms with Crippen LogP contribution in [0.2, 0.25) is 0 Å². The Labute approximate surface area is 86.2 Å². The molecular formula is C11H9FN2O. The molecular weight excluding hydrogens is 195 g/mol. The minimum absolute atomic E-state index is 0.0666. The molecule has 0 atom stereocenters. The van der Waals surface area contributed by atoms with Crippen molar-refractivity contribution in [2.24, 2.45) is 5.92 Å². The van der Waals surface area contributed by atoms with Crippen LogP contribution in [0.1, 0.15) is 18.4 Å². The topological polar surface area (TPSA) is 53.5 Å². The van der Waals surface area contributed by atoms with Crippen LogP contribution in [0.3, 0.4) is 0 Å². The highest BCUT2D eigenvalue weighted by Crippen LogP contribution is 2.31. The fourth-order valence-electron chi connectivity index (χ4n) is 1.43. The first-order valence-electron chi connectivity index (χ1n) is 4.75. The highest BCUT2D eigenvalue weighted by molar-refractivity contribution is 6.45. The summed E-state index contributed by atoms with van der Waals surface area (Å²) in [6, 6.07) is 5.80. The van der Waals surface area contributed by atoms with Gasteiger partial charge in [0, 0.05) is 5.92 Å². The van der Waals surface area contributed by atoms with Crippen molar-refractivity contribution in [3.63, 3.8) is 0 Å². The third kappa shape index (κ3) is 1.85. The van der Waals surface area contributed by atoms with E-state index in [1.807, 2.05) is 0 Å².